The number of anilines is 1. The average molecular weight is 254 g/mol. The number of aromatic nitrogens is 1. The number of likely N-dealkylation sites (N-methyl/N-ethyl adjacent to an activating group) is 1. The molecule has 1 aliphatic heterocycles. The van der Waals surface area contributed by atoms with Gasteiger partial charge in [0.05, 0.1) is 0 Å². The Morgan fingerprint density at radius 2 is 2.11 bits per heavy atom. The first kappa shape index (κ1) is 11.7. The van der Waals surface area contributed by atoms with Gasteiger partial charge >= 0.3 is 0 Å². The molecule has 0 radical (unpaired) electrons. The molecular formula is C15H14N2O2. The largest absolute Gasteiger partial charge is 0.480 e. The van der Waals surface area contributed by atoms with Crippen molar-refractivity contribution in [2.24, 2.45) is 0 Å². The first-order valence-electron chi connectivity index (χ1n) is 6.11. The number of ether oxygens (including phenoxy) is 1. The number of fused-ring (bicyclic) bond motifs is 1. The highest BCUT2D eigenvalue weighted by molar-refractivity contribution is 5.96. The summed E-state index contributed by atoms with van der Waals surface area (Å²) >= 11 is 0. The number of hydrogen-bond acceptors (Lipinski definition) is 3. The highest BCUT2D eigenvalue weighted by Gasteiger charge is 2.23. The molecule has 0 fully saturated rings. The molecule has 1 aromatic heterocycles. The summed E-state index contributed by atoms with van der Waals surface area (Å²) in [5, 5.41) is 0. The Morgan fingerprint density at radius 3 is 2.89 bits per heavy atom. The summed E-state index contributed by atoms with van der Waals surface area (Å²) in [6.07, 6.45) is 1.77. The van der Waals surface area contributed by atoms with Gasteiger partial charge in [-0.25, -0.2) is 4.98 Å². The monoisotopic (exact) mass is 254 g/mol. The molecule has 96 valence electrons. The van der Waals surface area contributed by atoms with Crippen LogP contribution in [0, 0.1) is 6.92 Å². The van der Waals surface area contributed by atoms with Crippen molar-refractivity contribution in [2.45, 2.75) is 6.92 Å². The Bertz CT molecular complexity index is 652. The van der Waals surface area contributed by atoms with E-state index in [1.54, 1.807) is 13.2 Å². The third-order valence-electron chi connectivity index (χ3n) is 3.23. The highest BCUT2D eigenvalue weighted by Crippen LogP contribution is 2.33. The maximum atomic E-state index is 11.5. The van der Waals surface area contributed by atoms with E-state index in [0.717, 1.165) is 11.1 Å². The molecule has 0 bridgehead atoms. The van der Waals surface area contributed by atoms with E-state index >= 15 is 0 Å². The fraction of sp³-hybridized carbons (Fsp3) is 0.200. The van der Waals surface area contributed by atoms with Crippen LogP contribution < -0.4 is 9.64 Å². The van der Waals surface area contributed by atoms with E-state index in [4.69, 9.17) is 4.74 Å². The Kier molecular flexibility index (Phi) is 2.71. The second kappa shape index (κ2) is 4.39. The normalized spacial score (nSPS) is 14.0. The highest BCUT2D eigenvalue weighted by atomic mass is 16.5. The number of pyridine rings is 1. The van der Waals surface area contributed by atoms with Crippen molar-refractivity contribution in [1.82, 2.24) is 4.98 Å². The predicted octanol–water partition coefficient (Wildman–Crippen LogP) is 2.41. The first-order chi connectivity index (χ1) is 9.15. The van der Waals surface area contributed by atoms with Gasteiger partial charge in [0.25, 0.3) is 5.91 Å². The predicted molar refractivity (Wildman–Crippen MR) is 73.3 cm³/mol. The lowest BCUT2D eigenvalue weighted by molar-refractivity contribution is -0.121. The Hall–Kier alpha value is -2.36. The Morgan fingerprint density at radius 1 is 1.26 bits per heavy atom. The van der Waals surface area contributed by atoms with Crippen molar-refractivity contribution >= 4 is 11.7 Å². The van der Waals surface area contributed by atoms with Crippen LogP contribution in [-0.4, -0.2) is 24.5 Å². The molecule has 19 heavy (non-hydrogen) atoms. The van der Waals surface area contributed by atoms with Crippen LogP contribution in [0.2, 0.25) is 0 Å². The maximum absolute atomic E-state index is 11.5. The summed E-state index contributed by atoms with van der Waals surface area (Å²) in [5.41, 5.74) is 3.28. The van der Waals surface area contributed by atoms with Crippen LogP contribution in [0.15, 0.2) is 36.5 Å². The van der Waals surface area contributed by atoms with E-state index in [9.17, 15) is 4.79 Å². The SMILES string of the molecule is Cc1cccc(-c2cnc3c(c2)OCC(=O)N3C)c1. The lowest BCUT2D eigenvalue weighted by Crippen LogP contribution is -2.36. The van der Waals surface area contributed by atoms with Crippen molar-refractivity contribution in [1.29, 1.82) is 0 Å². The summed E-state index contributed by atoms with van der Waals surface area (Å²) in [5.74, 6) is 1.15. The quantitative estimate of drug-likeness (QED) is 0.784. The number of aryl methyl sites for hydroxylation is 1. The maximum Gasteiger partial charge on any atom is 0.265 e. The molecule has 4 nitrogen and oxygen atoms in total. The van der Waals surface area contributed by atoms with E-state index in [-0.39, 0.29) is 12.5 Å². The Labute approximate surface area is 111 Å². The summed E-state index contributed by atoms with van der Waals surface area (Å²) < 4.78 is 5.44. The topological polar surface area (TPSA) is 42.4 Å². The summed E-state index contributed by atoms with van der Waals surface area (Å²) in [7, 11) is 1.71. The van der Waals surface area contributed by atoms with Gasteiger partial charge in [-0.3, -0.25) is 9.69 Å². The second-order valence-corrected chi connectivity index (χ2v) is 4.66. The average Bonchev–Trinajstić information content (AvgIpc) is 2.43. The molecule has 3 rings (SSSR count). The van der Waals surface area contributed by atoms with Crippen LogP contribution in [0.25, 0.3) is 11.1 Å². The number of rotatable bonds is 1. The van der Waals surface area contributed by atoms with E-state index in [1.807, 2.05) is 18.2 Å². The molecule has 0 aliphatic carbocycles. The number of carbonyl (C=O) groups excluding carboxylic acids is 1. The summed E-state index contributed by atoms with van der Waals surface area (Å²) in [4.78, 5) is 17.4. The van der Waals surface area contributed by atoms with Gasteiger partial charge in [0.15, 0.2) is 18.2 Å². The van der Waals surface area contributed by atoms with Crippen molar-refractivity contribution < 1.29 is 9.53 Å². The zero-order chi connectivity index (χ0) is 13.4. The molecule has 0 saturated heterocycles. The number of benzene rings is 1. The van der Waals surface area contributed by atoms with Gasteiger partial charge in [-0.1, -0.05) is 29.8 Å². The van der Waals surface area contributed by atoms with E-state index < -0.39 is 0 Å². The van der Waals surface area contributed by atoms with E-state index in [1.165, 1.54) is 10.5 Å². The molecule has 2 aromatic rings. The van der Waals surface area contributed by atoms with Gasteiger partial charge in [-0.05, 0) is 18.6 Å². The van der Waals surface area contributed by atoms with Gasteiger partial charge in [0.2, 0.25) is 0 Å². The van der Waals surface area contributed by atoms with Crippen LogP contribution in [0.5, 0.6) is 5.75 Å². The van der Waals surface area contributed by atoms with Crippen LogP contribution >= 0.6 is 0 Å². The standard InChI is InChI=1S/C15H14N2O2/c1-10-4-3-5-11(6-10)12-7-13-15(16-8-12)17(2)14(18)9-19-13/h3-8H,9H2,1-2H3. The molecule has 0 atom stereocenters. The fourth-order valence-electron chi connectivity index (χ4n) is 2.13. The van der Waals surface area contributed by atoms with Gasteiger partial charge in [-0.15, -0.1) is 0 Å². The minimum absolute atomic E-state index is 0.0719. The van der Waals surface area contributed by atoms with Crippen LogP contribution in [0.3, 0.4) is 0 Å². The van der Waals surface area contributed by atoms with E-state index in [0.29, 0.717) is 11.6 Å². The zero-order valence-corrected chi connectivity index (χ0v) is 10.9. The molecule has 1 amide bonds. The van der Waals surface area contributed by atoms with Gasteiger partial charge in [0, 0.05) is 18.8 Å². The van der Waals surface area contributed by atoms with E-state index in [2.05, 4.69) is 24.0 Å². The first-order valence-corrected chi connectivity index (χ1v) is 6.11. The molecule has 1 aromatic carbocycles. The van der Waals surface area contributed by atoms with Gasteiger partial charge < -0.3 is 4.74 Å². The van der Waals surface area contributed by atoms with Crippen molar-refractivity contribution in [3.8, 4) is 16.9 Å². The van der Waals surface area contributed by atoms with Crippen LogP contribution in [0.1, 0.15) is 5.56 Å². The molecule has 0 spiro atoms. The molecule has 0 unspecified atom stereocenters. The number of carbonyl (C=O) groups is 1. The molecule has 1 aliphatic rings. The van der Waals surface area contributed by atoms with Gasteiger partial charge in [-0.2, -0.15) is 0 Å². The number of amides is 1. The molecular weight excluding hydrogens is 240 g/mol. The fourth-order valence-corrected chi connectivity index (χ4v) is 2.13. The third-order valence-corrected chi connectivity index (χ3v) is 3.23. The molecule has 4 heteroatoms. The van der Waals surface area contributed by atoms with Crippen molar-refractivity contribution in [2.75, 3.05) is 18.6 Å². The minimum Gasteiger partial charge on any atom is -0.480 e. The lowest BCUT2D eigenvalue weighted by Gasteiger charge is -2.24. The lowest BCUT2D eigenvalue weighted by atomic mass is 10.1. The summed E-state index contributed by atoms with van der Waals surface area (Å²) in [6, 6.07) is 10.1. The van der Waals surface area contributed by atoms with Crippen LogP contribution in [0.4, 0.5) is 5.82 Å². The minimum atomic E-state index is -0.0803. The number of hydrogen-bond donors (Lipinski definition) is 0. The summed E-state index contributed by atoms with van der Waals surface area (Å²) in [6.45, 7) is 2.13. The second-order valence-electron chi connectivity index (χ2n) is 4.66. The van der Waals surface area contributed by atoms with Crippen molar-refractivity contribution in [3.63, 3.8) is 0 Å². The Balaban J connectivity index is 2.05. The molecule has 0 saturated carbocycles. The molecule has 0 N–H and O–H groups in total. The third kappa shape index (κ3) is 2.05. The van der Waals surface area contributed by atoms with Crippen LogP contribution in [-0.2, 0) is 4.79 Å². The zero-order valence-electron chi connectivity index (χ0n) is 10.9. The van der Waals surface area contributed by atoms with Gasteiger partial charge in [0.1, 0.15) is 0 Å². The smallest absolute Gasteiger partial charge is 0.265 e. The number of nitrogens with zero attached hydrogens (tertiary/aromatic N) is 2. The van der Waals surface area contributed by atoms with Crippen molar-refractivity contribution in [3.05, 3.63) is 42.1 Å². The molecule has 2 heterocycles.